The van der Waals surface area contributed by atoms with Gasteiger partial charge in [-0.05, 0) is 17.0 Å². The predicted octanol–water partition coefficient (Wildman–Crippen LogP) is 2.03. The van der Waals surface area contributed by atoms with Crippen LogP contribution in [0.25, 0.3) is 0 Å². The monoisotopic (exact) mass is 249 g/mol. The summed E-state index contributed by atoms with van der Waals surface area (Å²) in [6, 6.07) is 7.38. The van der Waals surface area contributed by atoms with E-state index < -0.39 is 12.2 Å². The molecule has 0 fully saturated rings. The second kappa shape index (κ2) is 5.40. The summed E-state index contributed by atoms with van der Waals surface area (Å²) in [5.41, 5.74) is 2.06. The first-order chi connectivity index (χ1) is 8.58. The van der Waals surface area contributed by atoms with Crippen LogP contribution in [0.4, 0.5) is 4.79 Å². The number of nitrogens with one attached hydrogen (secondary N) is 1. The number of hydrogen-bond acceptors (Lipinski definition) is 3. The number of aliphatic hydroxyl groups excluding tert-OH is 1. The fraction of sp³-hybridized carbons (Fsp3) is 0.500. The Labute approximate surface area is 107 Å². The molecule has 0 radical (unpaired) electrons. The number of carbonyl (C=O) groups excluding carboxylic acids is 1. The number of hydrogen-bond donors (Lipinski definition) is 2. The van der Waals surface area contributed by atoms with Crippen molar-refractivity contribution in [3.8, 4) is 0 Å². The molecule has 4 heteroatoms. The lowest BCUT2D eigenvalue weighted by Crippen LogP contribution is -2.34. The molecule has 0 aliphatic heterocycles. The molecule has 1 amide bonds. The first kappa shape index (κ1) is 12.9. The molecule has 1 aromatic rings. The van der Waals surface area contributed by atoms with Crippen molar-refractivity contribution in [3.05, 3.63) is 35.4 Å². The Kier molecular flexibility index (Phi) is 3.87. The van der Waals surface area contributed by atoms with Crippen LogP contribution >= 0.6 is 0 Å². The van der Waals surface area contributed by atoms with E-state index in [9.17, 15) is 9.90 Å². The Hall–Kier alpha value is -1.55. The van der Waals surface area contributed by atoms with Gasteiger partial charge in [0.2, 0.25) is 0 Å². The second-order valence-electron chi connectivity index (χ2n) is 5.08. The van der Waals surface area contributed by atoms with Crippen LogP contribution in [0.15, 0.2) is 24.3 Å². The van der Waals surface area contributed by atoms with Gasteiger partial charge in [-0.3, -0.25) is 0 Å². The van der Waals surface area contributed by atoms with Crippen LogP contribution in [0.3, 0.4) is 0 Å². The van der Waals surface area contributed by atoms with Crippen molar-refractivity contribution in [1.29, 1.82) is 0 Å². The lowest BCUT2D eigenvalue weighted by Gasteiger charge is -2.18. The molecule has 98 valence electrons. The molecule has 1 aromatic carbocycles. The summed E-state index contributed by atoms with van der Waals surface area (Å²) in [4.78, 5) is 11.6. The molecule has 2 atom stereocenters. The lowest BCUT2D eigenvalue weighted by atomic mass is 10.1. The van der Waals surface area contributed by atoms with Crippen LogP contribution in [-0.2, 0) is 11.2 Å². The normalized spacial score (nSPS) is 21.8. The Morgan fingerprint density at radius 1 is 1.50 bits per heavy atom. The number of alkyl carbamates (subject to hydrolysis) is 1. The van der Waals surface area contributed by atoms with Crippen molar-refractivity contribution < 1.29 is 14.6 Å². The first-order valence-corrected chi connectivity index (χ1v) is 6.27. The van der Waals surface area contributed by atoms with Gasteiger partial charge in [-0.2, -0.15) is 0 Å². The lowest BCUT2D eigenvalue weighted by molar-refractivity contribution is 0.106. The molecule has 0 heterocycles. The van der Waals surface area contributed by atoms with Gasteiger partial charge in [-0.25, -0.2) is 4.79 Å². The highest BCUT2D eigenvalue weighted by atomic mass is 16.5. The highest BCUT2D eigenvalue weighted by molar-refractivity contribution is 5.68. The summed E-state index contributed by atoms with van der Waals surface area (Å²) >= 11 is 0. The van der Waals surface area contributed by atoms with E-state index >= 15 is 0 Å². The number of ether oxygens (including phenoxy) is 1. The van der Waals surface area contributed by atoms with Gasteiger partial charge in [0, 0.05) is 6.42 Å². The smallest absolute Gasteiger partial charge is 0.407 e. The van der Waals surface area contributed by atoms with Gasteiger partial charge in [0.25, 0.3) is 0 Å². The second-order valence-corrected chi connectivity index (χ2v) is 5.08. The molecule has 4 nitrogen and oxygen atoms in total. The fourth-order valence-corrected chi connectivity index (χ4v) is 2.16. The highest BCUT2D eigenvalue weighted by Crippen LogP contribution is 2.31. The molecule has 0 saturated heterocycles. The quantitative estimate of drug-likeness (QED) is 0.861. The van der Waals surface area contributed by atoms with Crippen molar-refractivity contribution >= 4 is 6.09 Å². The minimum absolute atomic E-state index is 0.302. The molecule has 0 unspecified atom stereocenters. The maximum atomic E-state index is 11.6. The van der Waals surface area contributed by atoms with E-state index in [2.05, 4.69) is 5.32 Å². The SMILES string of the molecule is CC(C)COC(=O)N[C@H]1c2ccccc2C[C@H]1O. The third-order valence-corrected chi connectivity index (χ3v) is 3.03. The zero-order valence-corrected chi connectivity index (χ0v) is 10.7. The number of carbonyl (C=O) groups is 1. The fourth-order valence-electron chi connectivity index (χ4n) is 2.16. The minimum Gasteiger partial charge on any atom is -0.449 e. The van der Waals surface area contributed by atoms with E-state index in [1.54, 1.807) is 0 Å². The van der Waals surface area contributed by atoms with Crippen LogP contribution < -0.4 is 5.32 Å². The van der Waals surface area contributed by atoms with Crippen molar-refractivity contribution in [1.82, 2.24) is 5.32 Å². The van der Waals surface area contributed by atoms with E-state index in [-0.39, 0.29) is 6.04 Å². The number of amides is 1. The molecule has 1 aliphatic carbocycles. The predicted molar refractivity (Wildman–Crippen MR) is 68.2 cm³/mol. The summed E-state index contributed by atoms with van der Waals surface area (Å²) in [6.07, 6.45) is -0.468. The zero-order valence-electron chi connectivity index (χ0n) is 10.7. The van der Waals surface area contributed by atoms with Crippen molar-refractivity contribution in [2.45, 2.75) is 32.4 Å². The molecule has 0 aromatic heterocycles. The van der Waals surface area contributed by atoms with Gasteiger partial charge in [0.05, 0.1) is 18.8 Å². The van der Waals surface area contributed by atoms with Gasteiger partial charge in [0.1, 0.15) is 0 Å². The average molecular weight is 249 g/mol. The third kappa shape index (κ3) is 2.82. The Morgan fingerprint density at radius 3 is 2.94 bits per heavy atom. The molecule has 0 spiro atoms. The maximum absolute atomic E-state index is 11.6. The topological polar surface area (TPSA) is 58.6 Å². The van der Waals surface area contributed by atoms with Gasteiger partial charge < -0.3 is 15.2 Å². The molecule has 1 aliphatic rings. The summed E-state index contributed by atoms with van der Waals surface area (Å²) < 4.78 is 5.07. The minimum atomic E-state index is -0.575. The standard InChI is InChI=1S/C14H19NO3/c1-9(2)8-18-14(17)15-13-11-6-4-3-5-10(11)7-12(13)16/h3-6,9,12-13,16H,7-8H2,1-2H3,(H,15,17)/t12-,13+/m1/s1. The van der Waals surface area contributed by atoms with Crippen LogP contribution in [0.2, 0.25) is 0 Å². The molecular weight excluding hydrogens is 230 g/mol. The molecule has 0 bridgehead atoms. The van der Waals surface area contributed by atoms with E-state index in [0.29, 0.717) is 18.9 Å². The molecule has 18 heavy (non-hydrogen) atoms. The number of aliphatic hydroxyl groups is 1. The van der Waals surface area contributed by atoms with Gasteiger partial charge in [-0.15, -0.1) is 0 Å². The zero-order chi connectivity index (χ0) is 13.1. The summed E-state index contributed by atoms with van der Waals surface area (Å²) in [6.45, 7) is 4.34. The maximum Gasteiger partial charge on any atom is 0.407 e. The Morgan fingerprint density at radius 2 is 2.22 bits per heavy atom. The summed E-state index contributed by atoms with van der Waals surface area (Å²) in [7, 11) is 0. The average Bonchev–Trinajstić information content (AvgIpc) is 2.64. The molecule has 2 rings (SSSR count). The van der Waals surface area contributed by atoms with Crippen LogP contribution in [0.1, 0.15) is 31.0 Å². The third-order valence-electron chi connectivity index (χ3n) is 3.03. The van der Waals surface area contributed by atoms with Gasteiger partial charge in [0.15, 0.2) is 0 Å². The Bertz CT molecular complexity index is 431. The largest absolute Gasteiger partial charge is 0.449 e. The molecule has 2 N–H and O–H groups in total. The van der Waals surface area contributed by atoms with E-state index in [4.69, 9.17) is 4.74 Å². The highest BCUT2D eigenvalue weighted by Gasteiger charge is 2.32. The van der Waals surface area contributed by atoms with E-state index in [1.807, 2.05) is 38.1 Å². The summed E-state index contributed by atoms with van der Waals surface area (Å²) in [5, 5.41) is 12.7. The van der Waals surface area contributed by atoms with Crippen molar-refractivity contribution in [3.63, 3.8) is 0 Å². The number of fused-ring (bicyclic) bond motifs is 1. The summed E-state index contributed by atoms with van der Waals surface area (Å²) in [5.74, 6) is 0.302. The van der Waals surface area contributed by atoms with Crippen molar-refractivity contribution in [2.24, 2.45) is 5.92 Å². The first-order valence-electron chi connectivity index (χ1n) is 6.27. The van der Waals surface area contributed by atoms with Crippen LogP contribution in [-0.4, -0.2) is 23.9 Å². The van der Waals surface area contributed by atoms with E-state index in [1.165, 1.54) is 0 Å². The van der Waals surface area contributed by atoms with Crippen molar-refractivity contribution in [2.75, 3.05) is 6.61 Å². The Balaban J connectivity index is 1.99. The molecular formula is C14H19NO3. The van der Waals surface area contributed by atoms with E-state index in [0.717, 1.165) is 11.1 Å². The number of rotatable bonds is 3. The number of benzene rings is 1. The van der Waals surface area contributed by atoms with Crippen LogP contribution in [0, 0.1) is 5.92 Å². The van der Waals surface area contributed by atoms with Crippen LogP contribution in [0.5, 0.6) is 0 Å². The van der Waals surface area contributed by atoms with Gasteiger partial charge >= 0.3 is 6.09 Å². The van der Waals surface area contributed by atoms with Gasteiger partial charge in [-0.1, -0.05) is 38.1 Å². The molecule has 0 saturated carbocycles.